The number of aryl methyl sites for hydroxylation is 2. The Labute approximate surface area is 126 Å². The summed E-state index contributed by atoms with van der Waals surface area (Å²) in [4.78, 5) is 3.28. The van der Waals surface area contributed by atoms with Crippen LogP contribution in [-0.4, -0.2) is 13.9 Å². The van der Waals surface area contributed by atoms with Gasteiger partial charge in [-0.2, -0.15) is 21.6 Å². The lowest BCUT2D eigenvalue weighted by Crippen LogP contribution is -2.25. The number of halogens is 3. The van der Waals surface area contributed by atoms with Gasteiger partial charge in [-0.25, -0.2) is 4.85 Å². The Morgan fingerprint density at radius 2 is 2.00 bits per heavy atom. The van der Waals surface area contributed by atoms with Gasteiger partial charge in [-0.3, -0.25) is 0 Å². The van der Waals surface area contributed by atoms with Crippen molar-refractivity contribution in [3.05, 3.63) is 46.3 Å². The molecule has 1 aromatic rings. The van der Waals surface area contributed by atoms with Crippen molar-refractivity contribution in [3.63, 3.8) is 0 Å². The molecule has 0 N–H and O–H groups in total. The molecule has 22 heavy (non-hydrogen) atoms. The molecule has 0 amide bonds. The number of hydrogen-bond acceptors (Lipinski definition) is 3. The highest BCUT2D eigenvalue weighted by molar-refractivity contribution is 7.87. The Kier molecular flexibility index (Phi) is 4.20. The fraction of sp³-hybridized carbons (Fsp3) is 0.357. The topological polar surface area (TPSA) is 47.7 Å². The van der Waals surface area contributed by atoms with Crippen LogP contribution in [0.5, 0.6) is 0 Å². The molecule has 4 nitrogen and oxygen atoms in total. The maximum Gasteiger partial charge on any atom is 0.534 e. The predicted molar refractivity (Wildman–Crippen MR) is 74.4 cm³/mol. The third-order valence-corrected chi connectivity index (χ3v) is 4.24. The SMILES string of the molecule is [C-]#[N+]c1cc2c(cc1C)CCCC=C2OS(=O)(=O)C(F)(F)F. The molecular formula is C14H12F3NO3S. The zero-order valence-corrected chi connectivity index (χ0v) is 12.4. The second-order valence-electron chi connectivity index (χ2n) is 4.85. The first-order chi connectivity index (χ1) is 10.2. The van der Waals surface area contributed by atoms with Crippen molar-refractivity contribution in [1.29, 1.82) is 0 Å². The molecule has 118 valence electrons. The molecule has 1 aromatic carbocycles. The van der Waals surface area contributed by atoms with Crippen LogP contribution in [0.15, 0.2) is 18.2 Å². The largest absolute Gasteiger partial charge is 0.534 e. The van der Waals surface area contributed by atoms with E-state index in [2.05, 4.69) is 9.03 Å². The predicted octanol–water partition coefficient (Wildman–Crippen LogP) is 4.09. The second kappa shape index (κ2) is 5.65. The molecular weight excluding hydrogens is 319 g/mol. The summed E-state index contributed by atoms with van der Waals surface area (Å²) in [5.41, 5.74) is -3.66. The van der Waals surface area contributed by atoms with E-state index in [0.717, 1.165) is 0 Å². The molecule has 2 rings (SSSR count). The van der Waals surface area contributed by atoms with E-state index in [9.17, 15) is 21.6 Å². The molecule has 0 unspecified atom stereocenters. The maximum absolute atomic E-state index is 12.5. The molecule has 8 heteroatoms. The van der Waals surface area contributed by atoms with Crippen LogP contribution in [-0.2, 0) is 20.7 Å². The van der Waals surface area contributed by atoms with Gasteiger partial charge in [0.2, 0.25) is 0 Å². The van der Waals surface area contributed by atoms with Gasteiger partial charge in [0.15, 0.2) is 5.69 Å². The van der Waals surface area contributed by atoms with E-state index in [-0.39, 0.29) is 17.0 Å². The first kappa shape index (κ1) is 16.4. The van der Waals surface area contributed by atoms with Crippen LogP contribution in [0.4, 0.5) is 18.9 Å². The number of hydrogen-bond donors (Lipinski definition) is 0. The Morgan fingerprint density at radius 3 is 2.59 bits per heavy atom. The summed E-state index contributed by atoms with van der Waals surface area (Å²) < 4.78 is 64.2. The van der Waals surface area contributed by atoms with Crippen molar-refractivity contribution in [2.24, 2.45) is 0 Å². The van der Waals surface area contributed by atoms with Crippen molar-refractivity contribution >= 4 is 21.6 Å². The van der Waals surface area contributed by atoms with Crippen molar-refractivity contribution in [3.8, 4) is 0 Å². The molecule has 0 spiro atoms. The van der Waals surface area contributed by atoms with E-state index in [1.807, 2.05) is 0 Å². The number of alkyl halides is 3. The van der Waals surface area contributed by atoms with Gasteiger partial charge in [0.1, 0.15) is 5.76 Å². The Hall–Kier alpha value is -2.01. The van der Waals surface area contributed by atoms with Crippen molar-refractivity contribution in [2.45, 2.75) is 31.7 Å². The van der Waals surface area contributed by atoms with Gasteiger partial charge in [0.05, 0.1) is 6.57 Å². The molecule has 0 radical (unpaired) electrons. The lowest BCUT2D eigenvalue weighted by atomic mass is 9.99. The van der Waals surface area contributed by atoms with Gasteiger partial charge < -0.3 is 4.18 Å². The van der Waals surface area contributed by atoms with Crippen molar-refractivity contribution in [2.75, 3.05) is 0 Å². The quantitative estimate of drug-likeness (QED) is 0.466. The molecule has 1 aliphatic carbocycles. The second-order valence-corrected chi connectivity index (χ2v) is 6.39. The zero-order valence-electron chi connectivity index (χ0n) is 11.6. The molecule has 0 saturated heterocycles. The van der Waals surface area contributed by atoms with E-state index >= 15 is 0 Å². The van der Waals surface area contributed by atoms with Gasteiger partial charge in [0, 0.05) is 5.56 Å². The smallest absolute Gasteiger partial charge is 0.376 e. The Bertz CT molecular complexity index is 774. The average molecular weight is 331 g/mol. The fourth-order valence-corrected chi connectivity index (χ4v) is 2.68. The van der Waals surface area contributed by atoms with Crippen LogP contribution >= 0.6 is 0 Å². The Balaban J connectivity index is 2.52. The number of fused-ring (bicyclic) bond motifs is 1. The van der Waals surface area contributed by atoms with Gasteiger partial charge in [-0.05, 0) is 49.5 Å². The van der Waals surface area contributed by atoms with Crippen LogP contribution in [0, 0.1) is 13.5 Å². The van der Waals surface area contributed by atoms with Crippen LogP contribution in [0.1, 0.15) is 29.5 Å². The summed E-state index contributed by atoms with van der Waals surface area (Å²) in [6.07, 6.45) is 2.94. The molecule has 0 heterocycles. The minimum Gasteiger partial charge on any atom is -0.376 e. The van der Waals surface area contributed by atoms with Gasteiger partial charge in [0.25, 0.3) is 0 Å². The summed E-state index contributed by atoms with van der Waals surface area (Å²) in [5.74, 6) is -0.366. The number of nitrogens with zero attached hydrogens (tertiary/aromatic N) is 1. The minimum absolute atomic E-state index is 0.224. The minimum atomic E-state index is -5.73. The monoisotopic (exact) mass is 331 g/mol. The molecule has 0 aromatic heterocycles. The van der Waals surface area contributed by atoms with E-state index in [0.29, 0.717) is 30.4 Å². The first-order valence-corrected chi connectivity index (χ1v) is 7.79. The summed E-state index contributed by atoms with van der Waals surface area (Å²) in [6.45, 7) is 8.79. The standard InChI is InChI=1S/C14H12F3NO3S/c1-9-7-10-5-3-4-6-13(11(10)8-12(9)18-2)21-22(19,20)14(15,16)17/h6-8H,3-5H2,1H3. The van der Waals surface area contributed by atoms with E-state index in [1.165, 1.54) is 12.1 Å². The summed E-state index contributed by atoms with van der Waals surface area (Å²) in [5, 5.41) is 0. The molecule has 1 aliphatic rings. The zero-order chi connectivity index (χ0) is 16.5. The van der Waals surface area contributed by atoms with Gasteiger partial charge in [-0.1, -0.05) is 6.07 Å². The fourth-order valence-electron chi connectivity index (χ4n) is 2.19. The van der Waals surface area contributed by atoms with E-state index in [4.69, 9.17) is 6.57 Å². The maximum atomic E-state index is 12.5. The van der Waals surface area contributed by atoms with Crippen LogP contribution in [0.2, 0.25) is 0 Å². The van der Waals surface area contributed by atoms with Crippen molar-refractivity contribution < 1.29 is 25.8 Å². The molecule has 0 aliphatic heterocycles. The third kappa shape index (κ3) is 3.09. The van der Waals surface area contributed by atoms with Gasteiger partial charge >= 0.3 is 15.6 Å². The highest BCUT2D eigenvalue weighted by Gasteiger charge is 2.49. The molecule has 0 fully saturated rings. The Morgan fingerprint density at radius 1 is 1.32 bits per heavy atom. The average Bonchev–Trinajstić information content (AvgIpc) is 2.58. The summed E-state index contributed by atoms with van der Waals surface area (Å²) in [6, 6.07) is 3.06. The first-order valence-electron chi connectivity index (χ1n) is 6.38. The van der Waals surface area contributed by atoms with Crippen molar-refractivity contribution in [1.82, 2.24) is 0 Å². The van der Waals surface area contributed by atoms with Gasteiger partial charge in [-0.15, -0.1) is 0 Å². The summed E-state index contributed by atoms with van der Waals surface area (Å²) >= 11 is 0. The van der Waals surface area contributed by atoms with E-state index in [1.54, 1.807) is 13.0 Å². The normalized spacial score (nSPS) is 15.3. The third-order valence-electron chi connectivity index (χ3n) is 3.27. The van der Waals surface area contributed by atoms with Crippen LogP contribution in [0.3, 0.4) is 0 Å². The lowest BCUT2D eigenvalue weighted by Gasteiger charge is -2.15. The molecule has 0 bridgehead atoms. The number of benzene rings is 1. The number of rotatable bonds is 2. The summed E-state index contributed by atoms with van der Waals surface area (Å²) in [7, 11) is -5.73. The van der Waals surface area contributed by atoms with E-state index < -0.39 is 15.6 Å². The molecule has 0 saturated carbocycles. The highest BCUT2D eigenvalue weighted by Crippen LogP contribution is 2.36. The highest BCUT2D eigenvalue weighted by atomic mass is 32.2. The molecule has 0 atom stereocenters. The lowest BCUT2D eigenvalue weighted by molar-refractivity contribution is -0.0509. The van der Waals surface area contributed by atoms with Crippen LogP contribution in [0.25, 0.3) is 10.6 Å². The number of allylic oxidation sites excluding steroid dienone is 1. The van der Waals surface area contributed by atoms with Crippen LogP contribution < -0.4 is 0 Å².